The topological polar surface area (TPSA) is 107 Å². The summed E-state index contributed by atoms with van der Waals surface area (Å²) in [6.07, 6.45) is -2.24. The Morgan fingerprint density at radius 3 is 2.61 bits per heavy atom. The van der Waals surface area contributed by atoms with Gasteiger partial charge in [0.2, 0.25) is 5.88 Å². The number of nitrogens with one attached hydrogen (secondary N) is 1. The van der Waals surface area contributed by atoms with Gasteiger partial charge in [-0.3, -0.25) is 4.79 Å². The first-order chi connectivity index (χ1) is 17.1. The largest absolute Gasteiger partial charge is 0.480 e. The summed E-state index contributed by atoms with van der Waals surface area (Å²) in [6, 6.07) is 9.79. The van der Waals surface area contributed by atoms with Gasteiger partial charge in [0.15, 0.2) is 5.82 Å². The number of carbonyl (C=O) groups excluding carboxylic acids is 1. The van der Waals surface area contributed by atoms with Gasteiger partial charge in [0.25, 0.3) is 5.91 Å². The Labute approximate surface area is 209 Å². The number of nitrogen functional groups attached to an aromatic ring is 1. The fourth-order valence-corrected chi connectivity index (χ4v) is 4.00. The lowest BCUT2D eigenvalue weighted by atomic mass is 10.1. The van der Waals surface area contributed by atoms with Crippen molar-refractivity contribution in [2.75, 3.05) is 19.4 Å². The van der Waals surface area contributed by atoms with Crippen molar-refractivity contribution in [1.29, 1.82) is 0 Å². The number of amides is 1. The number of rotatable bonds is 7. The number of aromatic nitrogens is 4. The van der Waals surface area contributed by atoms with E-state index in [9.17, 15) is 18.0 Å². The van der Waals surface area contributed by atoms with Crippen molar-refractivity contribution in [2.45, 2.75) is 25.9 Å². The number of pyridine rings is 1. The van der Waals surface area contributed by atoms with Gasteiger partial charge in [-0.15, -0.1) is 0 Å². The molecule has 0 spiro atoms. The predicted molar refractivity (Wildman–Crippen MR) is 129 cm³/mol. The molecule has 0 radical (unpaired) electrons. The number of halogens is 4. The summed E-state index contributed by atoms with van der Waals surface area (Å²) >= 11 is 5.90. The zero-order valence-electron chi connectivity index (χ0n) is 19.4. The number of benzene rings is 1. The maximum Gasteiger partial charge on any atom is 0.418 e. The molecule has 3 aromatic heterocycles. The second-order valence-electron chi connectivity index (χ2n) is 8.01. The first-order valence-electron chi connectivity index (χ1n) is 10.9. The zero-order valence-corrected chi connectivity index (χ0v) is 20.1. The molecular formula is C24H22ClF3N6O2. The van der Waals surface area contributed by atoms with Crippen molar-refractivity contribution in [2.24, 2.45) is 0 Å². The Bertz CT molecular complexity index is 1420. The van der Waals surface area contributed by atoms with Gasteiger partial charge in [0.05, 0.1) is 24.1 Å². The minimum absolute atomic E-state index is 0.0532. The van der Waals surface area contributed by atoms with Gasteiger partial charge in [0.1, 0.15) is 17.4 Å². The number of alkyl halides is 3. The summed E-state index contributed by atoms with van der Waals surface area (Å²) in [7, 11) is 1.36. The van der Waals surface area contributed by atoms with Crippen molar-refractivity contribution in [3.05, 3.63) is 70.1 Å². The molecule has 1 aromatic carbocycles. The van der Waals surface area contributed by atoms with Crippen molar-refractivity contribution in [3.8, 4) is 17.1 Å². The van der Waals surface area contributed by atoms with E-state index in [1.165, 1.54) is 13.2 Å². The molecular weight excluding hydrogens is 497 g/mol. The Morgan fingerprint density at radius 2 is 1.94 bits per heavy atom. The first kappa shape index (κ1) is 25.2. The SMILES string of the molecule is COc1nc(C)c(-c2cc(C(F)(F)F)c3c(N)ncnn23)cc1C(=O)NCCCc1ccc(Cl)cc1. The molecule has 0 aliphatic carbocycles. The van der Waals surface area contributed by atoms with Gasteiger partial charge >= 0.3 is 6.18 Å². The van der Waals surface area contributed by atoms with Crippen LogP contribution in [0.3, 0.4) is 0 Å². The molecule has 4 rings (SSSR count). The number of carbonyl (C=O) groups is 1. The van der Waals surface area contributed by atoms with Crippen LogP contribution in [-0.2, 0) is 12.6 Å². The minimum Gasteiger partial charge on any atom is -0.480 e. The molecule has 0 atom stereocenters. The molecule has 0 aliphatic heterocycles. The van der Waals surface area contributed by atoms with Crippen LogP contribution in [0.1, 0.15) is 33.6 Å². The third-order valence-corrected chi connectivity index (χ3v) is 5.87. The smallest absolute Gasteiger partial charge is 0.418 e. The predicted octanol–water partition coefficient (Wildman–Crippen LogP) is 4.73. The summed E-state index contributed by atoms with van der Waals surface area (Å²) in [5.41, 5.74) is 6.22. The van der Waals surface area contributed by atoms with Crippen LogP contribution in [0.25, 0.3) is 16.8 Å². The van der Waals surface area contributed by atoms with E-state index in [0.717, 1.165) is 28.9 Å². The minimum atomic E-state index is -4.69. The van der Waals surface area contributed by atoms with Crippen LogP contribution in [0.5, 0.6) is 5.88 Å². The van der Waals surface area contributed by atoms with E-state index in [2.05, 4.69) is 20.4 Å². The van der Waals surface area contributed by atoms with Crippen molar-refractivity contribution < 1.29 is 22.7 Å². The Kier molecular flexibility index (Phi) is 7.02. The number of nitrogens with zero attached hydrogens (tertiary/aromatic N) is 4. The zero-order chi connectivity index (χ0) is 26.0. The summed E-state index contributed by atoms with van der Waals surface area (Å²) in [6.45, 7) is 1.96. The van der Waals surface area contributed by atoms with Crippen LogP contribution >= 0.6 is 11.6 Å². The molecule has 3 heterocycles. The van der Waals surface area contributed by atoms with Gasteiger partial charge in [-0.25, -0.2) is 14.5 Å². The second kappa shape index (κ2) is 10.0. The third-order valence-electron chi connectivity index (χ3n) is 5.62. The molecule has 8 nitrogen and oxygen atoms in total. The van der Waals surface area contributed by atoms with Crippen LogP contribution in [-0.4, -0.2) is 39.1 Å². The first-order valence-corrected chi connectivity index (χ1v) is 11.3. The number of aryl methyl sites for hydroxylation is 2. The fourth-order valence-electron chi connectivity index (χ4n) is 3.88. The average molecular weight is 519 g/mol. The van der Waals surface area contributed by atoms with Crippen LogP contribution in [0.2, 0.25) is 5.02 Å². The quantitative estimate of drug-likeness (QED) is 0.343. The van der Waals surface area contributed by atoms with Crippen molar-refractivity contribution >= 4 is 28.8 Å². The van der Waals surface area contributed by atoms with Crippen LogP contribution in [0.15, 0.2) is 42.7 Å². The number of fused-ring (bicyclic) bond motifs is 1. The molecule has 1 amide bonds. The molecule has 12 heteroatoms. The lowest BCUT2D eigenvalue weighted by molar-refractivity contribution is -0.136. The monoisotopic (exact) mass is 518 g/mol. The highest BCUT2D eigenvalue weighted by molar-refractivity contribution is 6.30. The van der Waals surface area contributed by atoms with Gasteiger partial charge in [-0.05, 0) is 49.6 Å². The molecule has 3 N–H and O–H groups in total. The van der Waals surface area contributed by atoms with Crippen LogP contribution in [0.4, 0.5) is 19.0 Å². The van der Waals surface area contributed by atoms with Crippen molar-refractivity contribution in [1.82, 2.24) is 24.9 Å². The molecule has 0 bridgehead atoms. The number of methoxy groups -OCH3 is 1. The number of ether oxygens (including phenoxy) is 1. The maximum atomic E-state index is 13.7. The summed E-state index contributed by atoms with van der Waals surface area (Å²) in [5, 5.41) is 7.42. The van der Waals surface area contributed by atoms with E-state index in [0.29, 0.717) is 23.7 Å². The lowest BCUT2D eigenvalue weighted by Gasteiger charge is -2.13. The van der Waals surface area contributed by atoms with E-state index in [-0.39, 0.29) is 34.0 Å². The number of hydrogen-bond donors (Lipinski definition) is 2. The van der Waals surface area contributed by atoms with Gasteiger partial charge in [-0.1, -0.05) is 23.7 Å². The van der Waals surface area contributed by atoms with E-state index in [1.54, 1.807) is 19.1 Å². The van der Waals surface area contributed by atoms with Gasteiger partial charge in [0, 0.05) is 17.1 Å². The number of hydrogen-bond acceptors (Lipinski definition) is 6. The Balaban J connectivity index is 1.64. The average Bonchev–Trinajstić information content (AvgIpc) is 3.24. The van der Waals surface area contributed by atoms with Crippen LogP contribution < -0.4 is 15.8 Å². The fraction of sp³-hybridized carbons (Fsp3) is 0.250. The van der Waals surface area contributed by atoms with Gasteiger partial charge in [-0.2, -0.15) is 18.3 Å². The van der Waals surface area contributed by atoms with Crippen LogP contribution in [0, 0.1) is 6.92 Å². The summed E-state index contributed by atoms with van der Waals surface area (Å²) in [5.74, 6) is -0.735. The van der Waals surface area contributed by atoms with E-state index in [1.807, 2.05) is 12.1 Å². The molecule has 36 heavy (non-hydrogen) atoms. The normalized spacial score (nSPS) is 11.6. The Morgan fingerprint density at radius 1 is 1.22 bits per heavy atom. The molecule has 0 saturated heterocycles. The standard InChI is InChI=1S/C24H22ClF3N6O2/c1-13-16(19-11-18(24(26,27)28)20-21(29)31-12-32-34(19)20)10-17(23(33-13)36-2)22(35)30-9-3-4-14-5-7-15(25)8-6-14/h5-8,10-12H,3-4,9H2,1-2H3,(H,30,35)(H2,29,31,32). The maximum absolute atomic E-state index is 13.7. The molecule has 188 valence electrons. The van der Waals surface area contributed by atoms with E-state index >= 15 is 0 Å². The van der Waals surface area contributed by atoms with Crippen molar-refractivity contribution in [3.63, 3.8) is 0 Å². The molecule has 0 aliphatic rings. The second-order valence-corrected chi connectivity index (χ2v) is 8.45. The summed E-state index contributed by atoms with van der Waals surface area (Å²) in [4.78, 5) is 21.0. The highest BCUT2D eigenvalue weighted by Crippen LogP contribution is 2.39. The van der Waals surface area contributed by atoms with E-state index < -0.39 is 17.6 Å². The molecule has 0 saturated carbocycles. The Hall–Kier alpha value is -3.86. The highest BCUT2D eigenvalue weighted by Gasteiger charge is 2.37. The number of anilines is 1. The molecule has 0 fully saturated rings. The summed E-state index contributed by atoms with van der Waals surface area (Å²) < 4.78 is 47.5. The van der Waals surface area contributed by atoms with Gasteiger partial charge < -0.3 is 15.8 Å². The molecule has 0 unspecified atom stereocenters. The lowest BCUT2D eigenvalue weighted by Crippen LogP contribution is -2.25. The number of nitrogens with two attached hydrogens (primary N) is 1. The highest BCUT2D eigenvalue weighted by atomic mass is 35.5. The van der Waals surface area contributed by atoms with E-state index in [4.69, 9.17) is 22.1 Å². The molecule has 4 aromatic rings. The third kappa shape index (κ3) is 5.06.